The van der Waals surface area contributed by atoms with Crippen LogP contribution in [0, 0.1) is 0 Å². The predicted molar refractivity (Wildman–Crippen MR) is 137 cm³/mol. The second-order valence-electron chi connectivity index (χ2n) is 8.04. The van der Waals surface area contributed by atoms with Gasteiger partial charge in [0.05, 0.1) is 12.3 Å². The first-order valence-electron chi connectivity index (χ1n) is 11.3. The van der Waals surface area contributed by atoms with E-state index in [4.69, 9.17) is 16.3 Å². The van der Waals surface area contributed by atoms with Crippen LogP contribution in [0.3, 0.4) is 0 Å². The summed E-state index contributed by atoms with van der Waals surface area (Å²) in [5.41, 5.74) is 3.87. The number of aryl methyl sites for hydroxylation is 1. The van der Waals surface area contributed by atoms with Crippen LogP contribution < -0.4 is 10.1 Å². The molecule has 1 aliphatic heterocycles. The Balaban J connectivity index is 1.30. The van der Waals surface area contributed by atoms with Gasteiger partial charge in [-0.05, 0) is 59.5 Å². The van der Waals surface area contributed by atoms with E-state index in [0.29, 0.717) is 36.0 Å². The van der Waals surface area contributed by atoms with Gasteiger partial charge in [0.1, 0.15) is 17.7 Å². The summed E-state index contributed by atoms with van der Waals surface area (Å²) in [6.45, 7) is 3.45. The number of hydrogen-bond acceptors (Lipinski definition) is 4. The minimum atomic E-state index is -0.148. The molecule has 176 valence electrons. The maximum Gasteiger partial charge on any atom is 0.251 e. The zero-order valence-corrected chi connectivity index (χ0v) is 20.6. The van der Waals surface area contributed by atoms with Gasteiger partial charge >= 0.3 is 0 Å². The highest BCUT2D eigenvalue weighted by molar-refractivity contribution is 8.00. The normalized spacial score (nSPS) is 15.4. The Hall–Kier alpha value is -2.96. The van der Waals surface area contributed by atoms with Crippen molar-refractivity contribution in [2.75, 3.05) is 18.9 Å². The zero-order valence-electron chi connectivity index (χ0n) is 19.0. The van der Waals surface area contributed by atoms with E-state index < -0.39 is 0 Å². The predicted octanol–water partition coefficient (Wildman–Crippen LogP) is 5.49. The molecular formula is C27H27ClN2O3S. The molecule has 0 saturated carbocycles. The van der Waals surface area contributed by atoms with Crippen LogP contribution in [0.5, 0.6) is 5.75 Å². The van der Waals surface area contributed by atoms with E-state index in [0.717, 1.165) is 23.3 Å². The summed E-state index contributed by atoms with van der Waals surface area (Å²) in [5, 5.41) is 3.49. The van der Waals surface area contributed by atoms with Gasteiger partial charge in [0.25, 0.3) is 5.91 Å². The molecular weight excluding hydrogens is 468 g/mol. The minimum Gasteiger partial charge on any atom is -0.492 e. The highest BCUT2D eigenvalue weighted by atomic mass is 35.5. The average Bonchev–Trinajstić information content (AvgIpc) is 3.23. The quantitative estimate of drug-likeness (QED) is 0.400. The van der Waals surface area contributed by atoms with Gasteiger partial charge in [0, 0.05) is 17.1 Å². The Kier molecular flexibility index (Phi) is 8.14. The van der Waals surface area contributed by atoms with E-state index in [2.05, 4.69) is 12.2 Å². The number of hydrogen-bond donors (Lipinski definition) is 1. The van der Waals surface area contributed by atoms with E-state index in [1.807, 2.05) is 65.6 Å². The number of thioether (sulfide) groups is 1. The third-order valence-corrected chi connectivity index (χ3v) is 7.19. The second-order valence-corrected chi connectivity index (χ2v) is 9.54. The van der Waals surface area contributed by atoms with E-state index in [-0.39, 0.29) is 17.2 Å². The Morgan fingerprint density at radius 2 is 1.71 bits per heavy atom. The number of ether oxygens (including phenoxy) is 1. The monoisotopic (exact) mass is 494 g/mol. The van der Waals surface area contributed by atoms with Crippen LogP contribution in [-0.2, 0) is 17.8 Å². The number of carbonyl (C=O) groups is 2. The number of halogens is 1. The fourth-order valence-electron chi connectivity index (χ4n) is 3.74. The van der Waals surface area contributed by atoms with Gasteiger partial charge in [-0.15, -0.1) is 11.8 Å². The zero-order chi connectivity index (χ0) is 23.9. The summed E-state index contributed by atoms with van der Waals surface area (Å²) in [4.78, 5) is 26.9. The van der Waals surface area contributed by atoms with E-state index >= 15 is 0 Å². The molecule has 1 N–H and O–H groups in total. The number of amides is 2. The van der Waals surface area contributed by atoms with E-state index in [9.17, 15) is 9.59 Å². The smallest absolute Gasteiger partial charge is 0.251 e. The first-order valence-corrected chi connectivity index (χ1v) is 12.7. The van der Waals surface area contributed by atoms with Crippen LogP contribution in [0.25, 0.3) is 0 Å². The number of rotatable bonds is 9. The minimum absolute atomic E-state index is 0.0761. The van der Waals surface area contributed by atoms with Crippen LogP contribution in [0.2, 0.25) is 5.02 Å². The van der Waals surface area contributed by atoms with Crippen molar-refractivity contribution in [2.24, 2.45) is 0 Å². The maximum atomic E-state index is 12.5. The molecule has 1 atom stereocenters. The van der Waals surface area contributed by atoms with E-state index in [1.54, 1.807) is 23.9 Å². The summed E-state index contributed by atoms with van der Waals surface area (Å²) in [7, 11) is 0. The van der Waals surface area contributed by atoms with Gasteiger partial charge in [-0.1, -0.05) is 54.9 Å². The fourth-order valence-corrected chi connectivity index (χ4v) is 5.06. The largest absolute Gasteiger partial charge is 0.492 e. The molecule has 2 amide bonds. The van der Waals surface area contributed by atoms with Crippen molar-refractivity contribution in [1.29, 1.82) is 0 Å². The molecule has 1 saturated heterocycles. The first kappa shape index (κ1) is 24.2. The molecule has 0 aromatic heterocycles. The van der Waals surface area contributed by atoms with Crippen molar-refractivity contribution < 1.29 is 14.3 Å². The number of carbonyl (C=O) groups excluding carboxylic acids is 2. The Morgan fingerprint density at radius 3 is 2.38 bits per heavy atom. The first-order chi connectivity index (χ1) is 16.5. The number of benzene rings is 3. The lowest BCUT2D eigenvalue weighted by Crippen LogP contribution is -2.28. The molecule has 0 bridgehead atoms. The highest BCUT2D eigenvalue weighted by Crippen LogP contribution is 2.39. The van der Waals surface area contributed by atoms with Crippen LogP contribution in [0.1, 0.15) is 39.3 Å². The molecule has 0 radical (unpaired) electrons. The Morgan fingerprint density at radius 1 is 1.03 bits per heavy atom. The van der Waals surface area contributed by atoms with Crippen LogP contribution in [0.15, 0.2) is 72.8 Å². The topological polar surface area (TPSA) is 58.6 Å². The van der Waals surface area contributed by atoms with Crippen LogP contribution in [0.4, 0.5) is 0 Å². The van der Waals surface area contributed by atoms with Crippen LogP contribution >= 0.6 is 23.4 Å². The molecule has 0 aliphatic carbocycles. The molecule has 1 heterocycles. The van der Waals surface area contributed by atoms with Gasteiger partial charge < -0.3 is 15.0 Å². The molecule has 34 heavy (non-hydrogen) atoms. The third kappa shape index (κ3) is 6.13. The van der Waals surface area contributed by atoms with Crippen molar-refractivity contribution >= 4 is 35.2 Å². The molecule has 1 fully saturated rings. The molecule has 0 spiro atoms. The Bertz CT molecular complexity index is 1120. The number of nitrogens with one attached hydrogen (secondary N) is 1. The summed E-state index contributed by atoms with van der Waals surface area (Å²) in [5.74, 6) is 1.20. The highest BCUT2D eigenvalue weighted by Gasteiger charge is 2.32. The van der Waals surface area contributed by atoms with Crippen molar-refractivity contribution in [1.82, 2.24) is 10.2 Å². The van der Waals surface area contributed by atoms with Crippen LogP contribution in [-0.4, -0.2) is 35.6 Å². The van der Waals surface area contributed by atoms with Gasteiger partial charge in [-0.25, -0.2) is 0 Å². The molecule has 3 aromatic carbocycles. The second kappa shape index (κ2) is 11.4. The molecule has 1 aliphatic rings. The van der Waals surface area contributed by atoms with E-state index in [1.165, 1.54) is 5.56 Å². The van der Waals surface area contributed by atoms with Crippen molar-refractivity contribution in [3.63, 3.8) is 0 Å². The summed E-state index contributed by atoms with van der Waals surface area (Å²) < 4.78 is 5.69. The van der Waals surface area contributed by atoms with Gasteiger partial charge in [-0.3, -0.25) is 9.59 Å². The third-order valence-electron chi connectivity index (χ3n) is 5.68. The van der Waals surface area contributed by atoms with Crippen molar-refractivity contribution in [2.45, 2.75) is 25.3 Å². The average molecular weight is 495 g/mol. The lowest BCUT2D eigenvalue weighted by molar-refractivity contribution is -0.128. The van der Waals surface area contributed by atoms with Gasteiger partial charge in [-0.2, -0.15) is 0 Å². The lowest BCUT2D eigenvalue weighted by Gasteiger charge is -2.24. The standard InChI is InChI=1S/C27H27ClN2O3S/c1-2-19-5-13-24(14-6-19)33-16-15-29-26(32)21-7-9-22(10-8-21)27-30(25(31)18-34-27)17-20-3-11-23(28)12-4-20/h3-14,27H,2,15-18H2,1H3,(H,29,32)/t27-/m1/s1. The summed E-state index contributed by atoms with van der Waals surface area (Å²) in [6.07, 6.45) is 0.991. The lowest BCUT2D eigenvalue weighted by atomic mass is 10.1. The van der Waals surface area contributed by atoms with Gasteiger partial charge in [0.2, 0.25) is 5.91 Å². The molecule has 3 aromatic rings. The summed E-state index contributed by atoms with van der Waals surface area (Å²) >= 11 is 7.57. The fraction of sp³-hybridized carbons (Fsp3) is 0.259. The molecule has 7 heteroatoms. The van der Waals surface area contributed by atoms with Gasteiger partial charge in [0.15, 0.2) is 0 Å². The number of nitrogens with zero attached hydrogens (tertiary/aromatic N) is 1. The van der Waals surface area contributed by atoms with Crippen molar-refractivity contribution in [3.8, 4) is 5.75 Å². The molecule has 5 nitrogen and oxygen atoms in total. The molecule has 0 unspecified atom stereocenters. The Labute approximate surface area is 209 Å². The SMILES string of the molecule is CCc1ccc(OCCNC(=O)c2ccc([C@H]3SCC(=O)N3Cc3ccc(Cl)cc3)cc2)cc1. The molecule has 4 rings (SSSR count). The maximum absolute atomic E-state index is 12.5. The van der Waals surface area contributed by atoms with Crippen molar-refractivity contribution in [3.05, 3.63) is 100 Å². The summed E-state index contributed by atoms with van der Waals surface area (Å²) in [6, 6.07) is 23.0.